The quantitative estimate of drug-likeness (QED) is 0.644. The molecule has 0 aromatic heterocycles. The van der Waals surface area contributed by atoms with E-state index in [1.165, 1.54) is 25.3 Å². The lowest BCUT2D eigenvalue weighted by atomic mass is 10.1. The van der Waals surface area contributed by atoms with E-state index in [4.69, 9.17) is 16.9 Å². The number of carbonyl (C=O) groups is 1. The van der Waals surface area contributed by atoms with E-state index in [1.54, 1.807) is 0 Å². The summed E-state index contributed by atoms with van der Waals surface area (Å²) in [4.78, 5) is 11.1. The third-order valence-electron chi connectivity index (χ3n) is 1.51. The molecule has 0 saturated heterocycles. The molecule has 0 unspecified atom stereocenters. The summed E-state index contributed by atoms with van der Waals surface area (Å²) in [5, 5.41) is 9.09. The average molecular weight is 196 g/mol. The van der Waals surface area contributed by atoms with Gasteiger partial charge in [-0.25, -0.2) is 4.79 Å². The van der Waals surface area contributed by atoms with Crippen LogP contribution in [-0.4, -0.2) is 13.1 Å². The van der Waals surface area contributed by atoms with E-state index >= 15 is 0 Å². The maximum Gasteiger partial charge on any atom is 0.339 e. The number of nitriles is 1. The first-order chi connectivity index (χ1) is 6.19. The monoisotopic (exact) mass is 195 g/mol. The zero-order valence-electron chi connectivity index (χ0n) is 6.87. The van der Waals surface area contributed by atoms with Crippen LogP contribution in [0.3, 0.4) is 0 Å². The van der Waals surface area contributed by atoms with Gasteiger partial charge in [-0.05, 0) is 18.2 Å². The minimum absolute atomic E-state index is 0.222. The van der Waals surface area contributed by atoms with Gasteiger partial charge in [-0.3, -0.25) is 0 Å². The van der Waals surface area contributed by atoms with Crippen molar-refractivity contribution in [3.63, 3.8) is 0 Å². The van der Waals surface area contributed by atoms with Gasteiger partial charge in [-0.1, -0.05) is 11.6 Å². The highest BCUT2D eigenvalue weighted by atomic mass is 35.5. The molecular weight excluding hydrogens is 190 g/mol. The van der Waals surface area contributed by atoms with Crippen molar-refractivity contribution in [2.24, 2.45) is 0 Å². The summed E-state index contributed by atoms with van der Waals surface area (Å²) in [6.45, 7) is 0. The Kier molecular flexibility index (Phi) is 2.88. The number of halogens is 1. The van der Waals surface area contributed by atoms with Crippen LogP contribution in [0.15, 0.2) is 18.2 Å². The Balaban J connectivity index is 3.23. The van der Waals surface area contributed by atoms with Gasteiger partial charge in [-0.15, -0.1) is 0 Å². The van der Waals surface area contributed by atoms with Crippen molar-refractivity contribution < 1.29 is 9.53 Å². The molecule has 0 saturated carbocycles. The van der Waals surface area contributed by atoms with Crippen LogP contribution in [0.5, 0.6) is 0 Å². The van der Waals surface area contributed by atoms with Gasteiger partial charge in [0.1, 0.15) is 6.07 Å². The molecule has 0 N–H and O–H groups in total. The zero-order valence-corrected chi connectivity index (χ0v) is 7.63. The fourth-order valence-corrected chi connectivity index (χ4v) is 1.07. The Labute approximate surface area is 80.5 Å². The lowest BCUT2D eigenvalue weighted by molar-refractivity contribution is 0.0600. The van der Waals surface area contributed by atoms with E-state index in [9.17, 15) is 4.79 Å². The summed E-state index contributed by atoms with van der Waals surface area (Å²) in [7, 11) is 1.26. The number of benzene rings is 1. The Bertz CT molecular complexity index is 382. The van der Waals surface area contributed by atoms with E-state index in [1.807, 2.05) is 6.07 Å². The summed E-state index contributed by atoms with van der Waals surface area (Å²) < 4.78 is 4.49. The summed E-state index contributed by atoms with van der Waals surface area (Å²) in [6.07, 6.45) is 0. The molecule has 0 amide bonds. The molecule has 0 aliphatic rings. The molecule has 0 atom stereocenters. The minimum atomic E-state index is -0.534. The predicted molar refractivity (Wildman–Crippen MR) is 47.5 cm³/mol. The summed E-state index contributed by atoms with van der Waals surface area (Å²) in [5.74, 6) is -0.534. The van der Waals surface area contributed by atoms with Crippen LogP contribution < -0.4 is 0 Å². The molecule has 3 nitrogen and oxygen atoms in total. The average Bonchev–Trinajstić information content (AvgIpc) is 2.16. The van der Waals surface area contributed by atoms with Gasteiger partial charge < -0.3 is 4.74 Å². The van der Waals surface area contributed by atoms with Crippen LogP contribution in [0.2, 0.25) is 5.02 Å². The molecule has 1 aromatic rings. The smallest absolute Gasteiger partial charge is 0.339 e. The lowest BCUT2D eigenvalue weighted by Crippen LogP contribution is -2.03. The number of methoxy groups -OCH3 is 1. The molecule has 0 spiro atoms. The number of ether oxygens (including phenoxy) is 1. The van der Waals surface area contributed by atoms with Crippen molar-refractivity contribution in [1.82, 2.24) is 0 Å². The number of esters is 1. The highest BCUT2D eigenvalue weighted by molar-refractivity contribution is 6.30. The first kappa shape index (κ1) is 9.56. The fraction of sp³-hybridized carbons (Fsp3) is 0.111. The number of carbonyl (C=O) groups excluding carboxylic acids is 1. The molecule has 66 valence electrons. The molecule has 4 heteroatoms. The van der Waals surface area contributed by atoms with Crippen LogP contribution in [0, 0.1) is 11.3 Å². The molecule has 0 aliphatic heterocycles. The van der Waals surface area contributed by atoms with Crippen LogP contribution in [0.1, 0.15) is 15.9 Å². The standard InChI is InChI=1S/C9H6ClNO2/c1-13-9(12)8-3-2-7(10)4-6(8)5-11/h2-4H,1H3. The van der Waals surface area contributed by atoms with E-state index in [2.05, 4.69) is 4.74 Å². The zero-order chi connectivity index (χ0) is 9.84. The molecule has 0 aliphatic carbocycles. The van der Waals surface area contributed by atoms with Crippen molar-refractivity contribution in [2.45, 2.75) is 0 Å². The Morgan fingerprint density at radius 1 is 1.62 bits per heavy atom. The minimum Gasteiger partial charge on any atom is -0.465 e. The van der Waals surface area contributed by atoms with Gasteiger partial charge in [-0.2, -0.15) is 5.26 Å². The van der Waals surface area contributed by atoms with Gasteiger partial charge in [0.2, 0.25) is 0 Å². The normalized spacial score (nSPS) is 9.00. The third kappa shape index (κ3) is 1.98. The van der Waals surface area contributed by atoms with Crippen LogP contribution in [0.25, 0.3) is 0 Å². The van der Waals surface area contributed by atoms with Crippen molar-refractivity contribution in [3.05, 3.63) is 34.3 Å². The Hall–Kier alpha value is -1.53. The second-order valence-electron chi connectivity index (χ2n) is 2.29. The predicted octanol–water partition coefficient (Wildman–Crippen LogP) is 2.00. The Morgan fingerprint density at radius 2 is 2.31 bits per heavy atom. The van der Waals surface area contributed by atoms with Crippen molar-refractivity contribution in [1.29, 1.82) is 5.26 Å². The highest BCUT2D eigenvalue weighted by Crippen LogP contribution is 2.15. The molecule has 0 radical (unpaired) electrons. The molecule has 1 aromatic carbocycles. The van der Waals surface area contributed by atoms with E-state index in [-0.39, 0.29) is 11.1 Å². The first-order valence-corrected chi connectivity index (χ1v) is 3.85. The van der Waals surface area contributed by atoms with Crippen LogP contribution in [-0.2, 0) is 4.74 Å². The van der Waals surface area contributed by atoms with Gasteiger partial charge in [0.05, 0.1) is 18.2 Å². The molecule has 0 bridgehead atoms. The third-order valence-corrected chi connectivity index (χ3v) is 1.74. The lowest BCUT2D eigenvalue weighted by Gasteiger charge is -2.00. The molecular formula is C9H6ClNO2. The number of nitrogens with zero attached hydrogens (tertiary/aromatic N) is 1. The van der Waals surface area contributed by atoms with Crippen molar-refractivity contribution in [3.8, 4) is 6.07 Å². The van der Waals surface area contributed by atoms with Crippen molar-refractivity contribution >= 4 is 17.6 Å². The van der Waals surface area contributed by atoms with Crippen LogP contribution in [0.4, 0.5) is 0 Å². The number of rotatable bonds is 1. The summed E-state index contributed by atoms with van der Waals surface area (Å²) in [6, 6.07) is 6.29. The number of hydrogen-bond acceptors (Lipinski definition) is 3. The Morgan fingerprint density at radius 3 is 2.85 bits per heavy atom. The topological polar surface area (TPSA) is 50.1 Å². The van der Waals surface area contributed by atoms with E-state index in [0.29, 0.717) is 5.02 Å². The highest BCUT2D eigenvalue weighted by Gasteiger charge is 2.11. The van der Waals surface area contributed by atoms with Gasteiger partial charge in [0.15, 0.2) is 0 Å². The maximum atomic E-state index is 11.1. The second-order valence-corrected chi connectivity index (χ2v) is 2.73. The van der Waals surface area contributed by atoms with Crippen molar-refractivity contribution in [2.75, 3.05) is 7.11 Å². The van der Waals surface area contributed by atoms with Crippen LogP contribution >= 0.6 is 11.6 Å². The first-order valence-electron chi connectivity index (χ1n) is 3.47. The van der Waals surface area contributed by atoms with E-state index < -0.39 is 5.97 Å². The molecule has 0 heterocycles. The van der Waals surface area contributed by atoms with E-state index in [0.717, 1.165) is 0 Å². The fourth-order valence-electron chi connectivity index (χ4n) is 0.897. The van der Waals surface area contributed by atoms with Gasteiger partial charge in [0.25, 0.3) is 0 Å². The number of hydrogen-bond donors (Lipinski definition) is 0. The largest absolute Gasteiger partial charge is 0.465 e. The second kappa shape index (κ2) is 3.92. The molecule has 1 rings (SSSR count). The maximum absolute atomic E-state index is 11.1. The van der Waals surface area contributed by atoms with Gasteiger partial charge in [0, 0.05) is 5.02 Å². The molecule has 0 fully saturated rings. The van der Waals surface area contributed by atoms with Gasteiger partial charge >= 0.3 is 5.97 Å². The SMILES string of the molecule is COC(=O)c1ccc(Cl)cc1C#N. The summed E-state index contributed by atoms with van der Waals surface area (Å²) in [5.41, 5.74) is 0.453. The summed E-state index contributed by atoms with van der Waals surface area (Å²) >= 11 is 5.64. The molecule has 13 heavy (non-hydrogen) atoms.